The van der Waals surface area contributed by atoms with Crippen molar-refractivity contribution in [3.05, 3.63) is 53.3 Å². The van der Waals surface area contributed by atoms with Crippen molar-refractivity contribution in [2.24, 2.45) is 0 Å². The Kier molecular flexibility index (Phi) is 3.19. The lowest BCUT2D eigenvalue weighted by atomic mass is 10.1. The summed E-state index contributed by atoms with van der Waals surface area (Å²) in [7, 11) is 0. The molecule has 0 aliphatic heterocycles. The minimum Gasteiger partial charge on any atom is -0.239 e. The summed E-state index contributed by atoms with van der Waals surface area (Å²) in [6.45, 7) is 0. The lowest BCUT2D eigenvalue weighted by Gasteiger charge is -2.04. The van der Waals surface area contributed by atoms with Crippen LogP contribution in [-0.2, 0) is 6.42 Å². The smallest absolute Gasteiger partial charge is 0.137 e. The SMILES string of the molecule is N#CCc1ccc(-c2ccccc2)c(Cl)n1. The van der Waals surface area contributed by atoms with Gasteiger partial charge in [0, 0.05) is 5.56 Å². The molecule has 1 aromatic carbocycles. The quantitative estimate of drug-likeness (QED) is 0.738. The van der Waals surface area contributed by atoms with Crippen molar-refractivity contribution in [1.29, 1.82) is 5.26 Å². The molecule has 16 heavy (non-hydrogen) atoms. The van der Waals surface area contributed by atoms with Crippen LogP contribution >= 0.6 is 11.6 Å². The van der Waals surface area contributed by atoms with Gasteiger partial charge in [0.15, 0.2) is 0 Å². The summed E-state index contributed by atoms with van der Waals surface area (Å²) in [5, 5.41) is 9.01. The Hall–Kier alpha value is -1.85. The molecule has 0 unspecified atom stereocenters. The first-order chi connectivity index (χ1) is 7.81. The van der Waals surface area contributed by atoms with Gasteiger partial charge in [0.25, 0.3) is 0 Å². The zero-order valence-corrected chi connectivity index (χ0v) is 9.28. The largest absolute Gasteiger partial charge is 0.239 e. The van der Waals surface area contributed by atoms with E-state index in [2.05, 4.69) is 4.98 Å². The Labute approximate surface area is 99.1 Å². The van der Waals surface area contributed by atoms with E-state index in [1.165, 1.54) is 0 Å². The van der Waals surface area contributed by atoms with E-state index in [0.29, 0.717) is 10.8 Å². The van der Waals surface area contributed by atoms with Gasteiger partial charge < -0.3 is 0 Å². The summed E-state index contributed by atoms with van der Waals surface area (Å²) < 4.78 is 0. The number of benzene rings is 1. The van der Waals surface area contributed by atoms with Crippen molar-refractivity contribution in [2.45, 2.75) is 6.42 Å². The van der Waals surface area contributed by atoms with Gasteiger partial charge in [-0.25, -0.2) is 4.98 Å². The Morgan fingerprint density at radius 2 is 1.88 bits per heavy atom. The van der Waals surface area contributed by atoms with Gasteiger partial charge in [0.05, 0.1) is 18.2 Å². The van der Waals surface area contributed by atoms with Crippen molar-refractivity contribution in [1.82, 2.24) is 4.98 Å². The van der Waals surface area contributed by atoms with Crippen LogP contribution < -0.4 is 0 Å². The predicted molar refractivity (Wildman–Crippen MR) is 64.0 cm³/mol. The van der Waals surface area contributed by atoms with Crippen LogP contribution in [0.2, 0.25) is 5.15 Å². The summed E-state index contributed by atoms with van der Waals surface area (Å²) in [6.07, 6.45) is 0.286. The third-order valence-electron chi connectivity index (χ3n) is 2.25. The van der Waals surface area contributed by atoms with Gasteiger partial charge in [-0.3, -0.25) is 0 Å². The van der Waals surface area contributed by atoms with Crippen molar-refractivity contribution in [2.75, 3.05) is 0 Å². The second-order valence-corrected chi connectivity index (χ2v) is 3.70. The first kappa shape index (κ1) is 10.7. The first-order valence-corrected chi connectivity index (χ1v) is 5.27. The number of rotatable bonds is 2. The van der Waals surface area contributed by atoms with Crippen LogP contribution in [0.5, 0.6) is 0 Å². The molecule has 2 aromatic rings. The number of aromatic nitrogens is 1. The van der Waals surface area contributed by atoms with E-state index >= 15 is 0 Å². The average Bonchev–Trinajstić information content (AvgIpc) is 2.31. The van der Waals surface area contributed by atoms with E-state index in [1.807, 2.05) is 48.5 Å². The standard InChI is InChI=1S/C13H9ClN2/c14-13-12(10-4-2-1-3-5-10)7-6-11(16-13)8-9-15/h1-7H,8H2. The summed E-state index contributed by atoms with van der Waals surface area (Å²) in [5.74, 6) is 0. The number of nitriles is 1. The van der Waals surface area contributed by atoms with Crippen LogP contribution in [0.1, 0.15) is 5.69 Å². The summed E-state index contributed by atoms with van der Waals surface area (Å²) in [6, 6.07) is 15.6. The van der Waals surface area contributed by atoms with Crippen LogP contribution in [0, 0.1) is 11.3 Å². The molecule has 3 heteroatoms. The molecule has 0 saturated carbocycles. The van der Waals surface area contributed by atoms with E-state index in [4.69, 9.17) is 16.9 Å². The second kappa shape index (κ2) is 4.78. The molecule has 0 N–H and O–H groups in total. The predicted octanol–water partition coefficient (Wildman–Crippen LogP) is 3.47. The molecule has 0 radical (unpaired) electrons. The van der Waals surface area contributed by atoms with Crippen LogP contribution in [0.4, 0.5) is 0 Å². The average molecular weight is 229 g/mol. The van der Waals surface area contributed by atoms with Gasteiger partial charge in [-0.1, -0.05) is 41.9 Å². The maximum atomic E-state index is 8.56. The highest BCUT2D eigenvalue weighted by atomic mass is 35.5. The molecule has 0 amide bonds. The second-order valence-electron chi connectivity index (χ2n) is 3.34. The van der Waals surface area contributed by atoms with Crippen LogP contribution in [0.25, 0.3) is 11.1 Å². The molecule has 2 nitrogen and oxygen atoms in total. The summed E-state index contributed by atoms with van der Waals surface area (Å²) in [5.41, 5.74) is 2.62. The maximum Gasteiger partial charge on any atom is 0.137 e. The molecule has 0 bridgehead atoms. The number of hydrogen-bond acceptors (Lipinski definition) is 2. The van der Waals surface area contributed by atoms with E-state index < -0.39 is 0 Å². The molecule has 0 spiro atoms. The van der Waals surface area contributed by atoms with Crippen molar-refractivity contribution < 1.29 is 0 Å². The minimum atomic E-state index is 0.286. The Bertz CT molecular complexity index is 529. The highest BCUT2D eigenvalue weighted by Crippen LogP contribution is 2.26. The molecular formula is C13H9ClN2. The molecule has 0 atom stereocenters. The fraction of sp³-hybridized carbons (Fsp3) is 0.0769. The highest BCUT2D eigenvalue weighted by molar-refractivity contribution is 6.32. The van der Waals surface area contributed by atoms with E-state index in [1.54, 1.807) is 0 Å². The highest BCUT2D eigenvalue weighted by Gasteiger charge is 2.05. The van der Waals surface area contributed by atoms with Crippen molar-refractivity contribution in [3.63, 3.8) is 0 Å². The third kappa shape index (κ3) is 2.21. The van der Waals surface area contributed by atoms with Gasteiger partial charge in [0.2, 0.25) is 0 Å². The zero-order valence-electron chi connectivity index (χ0n) is 8.52. The van der Waals surface area contributed by atoms with Gasteiger partial charge in [-0.2, -0.15) is 5.26 Å². The zero-order chi connectivity index (χ0) is 11.4. The molecule has 1 aromatic heterocycles. The Morgan fingerprint density at radius 3 is 2.50 bits per heavy atom. The molecule has 2 rings (SSSR count). The Morgan fingerprint density at radius 1 is 1.12 bits per heavy atom. The van der Waals surface area contributed by atoms with E-state index in [-0.39, 0.29) is 6.42 Å². The number of pyridine rings is 1. The molecule has 0 fully saturated rings. The van der Waals surface area contributed by atoms with Crippen LogP contribution in [-0.4, -0.2) is 4.98 Å². The monoisotopic (exact) mass is 228 g/mol. The molecule has 0 saturated heterocycles. The summed E-state index contributed by atoms with van der Waals surface area (Å²) in [4.78, 5) is 4.18. The topological polar surface area (TPSA) is 36.7 Å². The summed E-state index contributed by atoms with van der Waals surface area (Å²) >= 11 is 6.08. The van der Waals surface area contributed by atoms with Gasteiger partial charge in [-0.05, 0) is 17.7 Å². The van der Waals surface area contributed by atoms with Crippen molar-refractivity contribution in [3.8, 4) is 17.2 Å². The van der Waals surface area contributed by atoms with Gasteiger partial charge in [-0.15, -0.1) is 0 Å². The normalized spacial score (nSPS) is 9.75. The number of hydrogen-bond donors (Lipinski definition) is 0. The minimum absolute atomic E-state index is 0.286. The molecule has 0 aliphatic rings. The fourth-order valence-electron chi connectivity index (χ4n) is 1.48. The van der Waals surface area contributed by atoms with E-state index in [0.717, 1.165) is 11.1 Å². The third-order valence-corrected chi connectivity index (χ3v) is 2.54. The molecule has 1 heterocycles. The van der Waals surface area contributed by atoms with Gasteiger partial charge in [0.1, 0.15) is 5.15 Å². The van der Waals surface area contributed by atoms with Gasteiger partial charge >= 0.3 is 0 Å². The first-order valence-electron chi connectivity index (χ1n) is 4.89. The lowest BCUT2D eigenvalue weighted by Crippen LogP contribution is -1.90. The fourth-order valence-corrected chi connectivity index (χ4v) is 1.77. The van der Waals surface area contributed by atoms with Crippen LogP contribution in [0.15, 0.2) is 42.5 Å². The van der Waals surface area contributed by atoms with Crippen LogP contribution in [0.3, 0.4) is 0 Å². The maximum absolute atomic E-state index is 8.56. The lowest BCUT2D eigenvalue weighted by molar-refractivity contribution is 1.12. The van der Waals surface area contributed by atoms with Crippen molar-refractivity contribution >= 4 is 11.6 Å². The molecule has 78 valence electrons. The Balaban J connectivity index is 2.41. The number of halogens is 1. The molecular weight excluding hydrogens is 220 g/mol. The number of nitrogens with zero attached hydrogens (tertiary/aromatic N) is 2. The van der Waals surface area contributed by atoms with E-state index in [9.17, 15) is 0 Å². The molecule has 0 aliphatic carbocycles.